The molecule has 96 valence electrons. The van der Waals surface area contributed by atoms with Gasteiger partial charge in [-0.05, 0) is 25.1 Å². The van der Waals surface area contributed by atoms with Crippen LogP contribution in [0, 0.1) is 11.7 Å². The monoisotopic (exact) mass is 259 g/mol. The lowest BCUT2D eigenvalue weighted by molar-refractivity contribution is 0.0811. The molecular weight excluding hydrogens is 249 g/mol. The van der Waals surface area contributed by atoms with E-state index in [1.54, 1.807) is 6.07 Å². The zero-order chi connectivity index (χ0) is 13.8. The quantitative estimate of drug-likeness (QED) is 0.617. The first-order valence-electron chi connectivity index (χ1n) is 5.56. The fourth-order valence-electron chi connectivity index (χ4n) is 1.48. The fourth-order valence-corrected chi connectivity index (χ4v) is 1.48. The Morgan fingerprint density at radius 3 is 2.37 bits per heavy atom. The van der Waals surface area contributed by atoms with E-state index in [1.165, 1.54) is 25.4 Å². The molecule has 0 aliphatic carbocycles. The third-order valence-electron chi connectivity index (χ3n) is 2.55. The highest BCUT2D eigenvalue weighted by molar-refractivity contribution is 6.13. The van der Waals surface area contributed by atoms with Gasteiger partial charge in [-0.3, -0.25) is 14.6 Å². The number of ketones is 2. The molecule has 1 atom stereocenters. The number of hydrogen-bond donors (Lipinski definition) is 0. The van der Waals surface area contributed by atoms with Crippen LogP contribution in [0.4, 0.5) is 4.39 Å². The maximum atomic E-state index is 12.7. The first-order chi connectivity index (χ1) is 9.09. The Morgan fingerprint density at radius 2 is 1.79 bits per heavy atom. The smallest absolute Gasteiger partial charge is 0.210 e. The maximum absolute atomic E-state index is 12.7. The maximum Gasteiger partial charge on any atom is 0.210 e. The molecule has 0 spiro atoms. The summed E-state index contributed by atoms with van der Waals surface area (Å²) in [5, 5.41) is 0. The van der Waals surface area contributed by atoms with Crippen LogP contribution < -0.4 is 0 Å². The number of carbonyl (C=O) groups excluding carboxylic acids is 2. The molecule has 2 heterocycles. The second kappa shape index (κ2) is 5.43. The van der Waals surface area contributed by atoms with Crippen LogP contribution in [0.2, 0.25) is 0 Å². The molecule has 2 aromatic heterocycles. The standard InChI is InChI=1S/C13H10FN3O2/c1-8(12(19)13-15-5-2-6-16-13)11(18)10-4-3-9(14)7-17-10/h2-8H,1H3. The highest BCUT2D eigenvalue weighted by atomic mass is 19.1. The van der Waals surface area contributed by atoms with Crippen LogP contribution in [-0.2, 0) is 0 Å². The highest BCUT2D eigenvalue weighted by Crippen LogP contribution is 2.11. The summed E-state index contributed by atoms with van der Waals surface area (Å²) >= 11 is 0. The molecule has 0 amide bonds. The van der Waals surface area contributed by atoms with Crippen LogP contribution in [-0.4, -0.2) is 26.5 Å². The minimum absolute atomic E-state index is 0.0227. The lowest BCUT2D eigenvalue weighted by atomic mass is 9.98. The first-order valence-corrected chi connectivity index (χ1v) is 5.56. The van der Waals surface area contributed by atoms with Gasteiger partial charge in [-0.25, -0.2) is 14.4 Å². The van der Waals surface area contributed by atoms with E-state index in [0.29, 0.717) is 0 Å². The van der Waals surface area contributed by atoms with Crippen LogP contribution in [0.3, 0.4) is 0 Å². The molecule has 0 saturated heterocycles. The molecule has 0 aliphatic heterocycles. The summed E-state index contributed by atoms with van der Waals surface area (Å²) in [5.41, 5.74) is 0.0400. The van der Waals surface area contributed by atoms with Gasteiger partial charge in [-0.1, -0.05) is 0 Å². The number of hydrogen-bond acceptors (Lipinski definition) is 5. The molecule has 2 rings (SSSR count). The molecule has 2 aromatic rings. The lowest BCUT2D eigenvalue weighted by Crippen LogP contribution is -2.23. The molecule has 0 radical (unpaired) electrons. The number of halogens is 1. The Kier molecular flexibility index (Phi) is 3.70. The van der Waals surface area contributed by atoms with E-state index in [0.717, 1.165) is 12.3 Å². The van der Waals surface area contributed by atoms with Crippen LogP contribution in [0.1, 0.15) is 28.0 Å². The predicted octanol–water partition coefficient (Wildman–Crippen LogP) is 1.71. The fraction of sp³-hybridized carbons (Fsp3) is 0.154. The number of nitrogens with zero attached hydrogens (tertiary/aromatic N) is 3. The van der Waals surface area contributed by atoms with Crippen molar-refractivity contribution in [1.29, 1.82) is 0 Å². The van der Waals surface area contributed by atoms with Gasteiger partial charge in [0.2, 0.25) is 5.78 Å². The van der Waals surface area contributed by atoms with Crippen molar-refractivity contribution in [1.82, 2.24) is 15.0 Å². The van der Waals surface area contributed by atoms with E-state index in [4.69, 9.17) is 0 Å². The van der Waals surface area contributed by atoms with Crippen molar-refractivity contribution in [2.24, 2.45) is 5.92 Å². The summed E-state index contributed by atoms with van der Waals surface area (Å²) in [6.07, 6.45) is 3.78. The summed E-state index contributed by atoms with van der Waals surface area (Å²) in [6.45, 7) is 1.45. The first kappa shape index (κ1) is 12.9. The van der Waals surface area contributed by atoms with Gasteiger partial charge in [-0.2, -0.15) is 0 Å². The van der Waals surface area contributed by atoms with E-state index < -0.39 is 23.3 Å². The number of rotatable bonds is 4. The zero-order valence-electron chi connectivity index (χ0n) is 10.1. The van der Waals surface area contributed by atoms with Gasteiger partial charge < -0.3 is 0 Å². The molecular formula is C13H10FN3O2. The van der Waals surface area contributed by atoms with Crippen molar-refractivity contribution in [3.63, 3.8) is 0 Å². The molecule has 0 fully saturated rings. The van der Waals surface area contributed by atoms with Crippen molar-refractivity contribution < 1.29 is 14.0 Å². The predicted molar refractivity (Wildman–Crippen MR) is 64.1 cm³/mol. The van der Waals surface area contributed by atoms with Gasteiger partial charge in [0.1, 0.15) is 11.5 Å². The Balaban J connectivity index is 2.20. The Hall–Kier alpha value is -2.50. The van der Waals surface area contributed by atoms with Crippen molar-refractivity contribution in [2.75, 3.05) is 0 Å². The summed E-state index contributed by atoms with van der Waals surface area (Å²) in [5.74, 6) is -2.50. The van der Waals surface area contributed by atoms with E-state index in [2.05, 4.69) is 15.0 Å². The van der Waals surface area contributed by atoms with E-state index in [1.807, 2.05) is 0 Å². The van der Waals surface area contributed by atoms with Gasteiger partial charge in [0.15, 0.2) is 11.6 Å². The normalized spacial score (nSPS) is 11.9. The molecule has 6 heteroatoms. The Labute approximate surface area is 108 Å². The van der Waals surface area contributed by atoms with Gasteiger partial charge in [-0.15, -0.1) is 0 Å². The topological polar surface area (TPSA) is 72.8 Å². The number of pyridine rings is 1. The van der Waals surface area contributed by atoms with Gasteiger partial charge in [0.05, 0.1) is 12.1 Å². The number of Topliss-reactive ketones (excluding diaryl/α,β-unsaturated/α-hetero) is 2. The van der Waals surface area contributed by atoms with Gasteiger partial charge in [0.25, 0.3) is 0 Å². The minimum Gasteiger partial charge on any atom is -0.292 e. The molecule has 1 unspecified atom stereocenters. The van der Waals surface area contributed by atoms with Crippen LogP contribution in [0.5, 0.6) is 0 Å². The van der Waals surface area contributed by atoms with E-state index in [9.17, 15) is 14.0 Å². The molecule has 0 bridgehead atoms. The minimum atomic E-state index is -0.958. The zero-order valence-corrected chi connectivity index (χ0v) is 10.1. The summed E-state index contributed by atoms with van der Waals surface area (Å²) in [6, 6.07) is 3.94. The summed E-state index contributed by atoms with van der Waals surface area (Å²) in [4.78, 5) is 35.2. The lowest BCUT2D eigenvalue weighted by Gasteiger charge is -2.07. The molecule has 0 aliphatic rings. The van der Waals surface area contributed by atoms with Crippen LogP contribution in [0.15, 0.2) is 36.8 Å². The van der Waals surface area contributed by atoms with Crippen LogP contribution >= 0.6 is 0 Å². The number of aromatic nitrogens is 3. The second-order valence-corrected chi connectivity index (χ2v) is 3.88. The third kappa shape index (κ3) is 2.85. The number of carbonyl (C=O) groups is 2. The van der Waals surface area contributed by atoms with E-state index >= 15 is 0 Å². The van der Waals surface area contributed by atoms with Crippen molar-refractivity contribution in [3.05, 3.63) is 54.1 Å². The average Bonchev–Trinajstić information content (AvgIpc) is 2.46. The van der Waals surface area contributed by atoms with Crippen molar-refractivity contribution in [2.45, 2.75) is 6.92 Å². The third-order valence-corrected chi connectivity index (χ3v) is 2.55. The molecule has 0 aromatic carbocycles. The molecule has 0 saturated carbocycles. The van der Waals surface area contributed by atoms with Crippen molar-refractivity contribution >= 4 is 11.6 Å². The Morgan fingerprint density at radius 1 is 1.11 bits per heavy atom. The average molecular weight is 259 g/mol. The van der Waals surface area contributed by atoms with E-state index in [-0.39, 0.29) is 11.5 Å². The molecule has 0 N–H and O–H groups in total. The van der Waals surface area contributed by atoms with Crippen molar-refractivity contribution in [3.8, 4) is 0 Å². The SMILES string of the molecule is CC(C(=O)c1ccc(F)cn1)C(=O)c1ncccn1. The van der Waals surface area contributed by atoms with Crippen LogP contribution in [0.25, 0.3) is 0 Å². The largest absolute Gasteiger partial charge is 0.292 e. The molecule has 19 heavy (non-hydrogen) atoms. The van der Waals surface area contributed by atoms with Gasteiger partial charge >= 0.3 is 0 Å². The summed E-state index contributed by atoms with van der Waals surface area (Å²) < 4.78 is 12.7. The highest BCUT2D eigenvalue weighted by Gasteiger charge is 2.26. The summed E-state index contributed by atoms with van der Waals surface area (Å²) in [7, 11) is 0. The molecule has 5 nitrogen and oxygen atoms in total. The van der Waals surface area contributed by atoms with Gasteiger partial charge in [0, 0.05) is 12.4 Å². The second-order valence-electron chi connectivity index (χ2n) is 3.88. The Bertz CT molecular complexity index is 599.